The summed E-state index contributed by atoms with van der Waals surface area (Å²) >= 11 is 0. The Balaban J connectivity index is 1.93. The number of benzene rings is 2. The van der Waals surface area contributed by atoms with Crippen molar-refractivity contribution >= 4 is 11.9 Å². The molecular weight excluding hydrogens is 345 g/mol. The minimum atomic E-state index is -1.45. The molecule has 0 aliphatic heterocycles. The Kier molecular flexibility index (Phi) is 5.05. The second kappa shape index (κ2) is 7.14. The number of carboxylic acids is 1. The number of hydrogen-bond acceptors (Lipinski definition) is 2. The van der Waals surface area contributed by atoms with Crippen molar-refractivity contribution in [3.8, 4) is 0 Å². The summed E-state index contributed by atoms with van der Waals surface area (Å²) in [6.45, 7) is 6.11. The standard InChI is InChI=1S/C22H24FNO3/c1-13(2)9-19-14(3)5-4-6-18(19)20(25)24-22(21(26)27)11-15-7-8-17(23)10-16(15)12-22/h4-8,10,13H,9,11-12H2,1-3H3,(H,24,25)(H,26,27). The fourth-order valence-corrected chi connectivity index (χ4v) is 3.82. The van der Waals surface area contributed by atoms with Gasteiger partial charge in [0.15, 0.2) is 0 Å². The summed E-state index contributed by atoms with van der Waals surface area (Å²) in [6.07, 6.45) is 0.961. The second-order valence-corrected chi connectivity index (χ2v) is 7.81. The van der Waals surface area contributed by atoms with Gasteiger partial charge < -0.3 is 10.4 Å². The lowest BCUT2D eigenvalue weighted by Gasteiger charge is -2.26. The third-order valence-electron chi connectivity index (χ3n) is 5.18. The normalized spacial score (nSPS) is 18.4. The van der Waals surface area contributed by atoms with Crippen LogP contribution in [-0.4, -0.2) is 22.5 Å². The van der Waals surface area contributed by atoms with Crippen molar-refractivity contribution in [3.05, 3.63) is 70.0 Å². The van der Waals surface area contributed by atoms with E-state index in [1.54, 1.807) is 18.2 Å². The van der Waals surface area contributed by atoms with Gasteiger partial charge in [0.1, 0.15) is 11.4 Å². The first-order chi connectivity index (χ1) is 12.7. The van der Waals surface area contributed by atoms with E-state index >= 15 is 0 Å². The quantitative estimate of drug-likeness (QED) is 0.845. The first-order valence-corrected chi connectivity index (χ1v) is 9.13. The molecule has 0 fully saturated rings. The van der Waals surface area contributed by atoms with Crippen LogP contribution in [0.4, 0.5) is 4.39 Å². The lowest BCUT2D eigenvalue weighted by atomic mass is 9.91. The summed E-state index contributed by atoms with van der Waals surface area (Å²) in [7, 11) is 0. The zero-order chi connectivity index (χ0) is 19.8. The zero-order valence-corrected chi connectivity index (χ0v) is 15.8. The lowest BCUT2D eigenvalue weighted by molar-refractivity contribution is -0.144. The maximum Gasteiger partial charge on any atom is 0.330 e. The molecule has 0 saturated heterocycles. The summed E-state index contributed by atoms with van der Waals surface area (Å²) in [6, 6.07) is 9.76. The summed E-state index contributed by atoms with van der Waals surface area (Å²) in [5.41, 5.74) is 2.39. The van der Waals surface area contributed by atoms with Gasteiger partial charge in [0.2, 0.25) is 0 Å². The number of aliphatic carboxylic acids is 1. The predicted octanol–water partition coefficient (Wildman–Crippen LogP) is 3.68. The van der Waals surface area contributed by atoms with Gasteiger partial charge in [-0.1, -0.05) is 32.0 Å². The summed E-state index contributed by atoms with van der Waals surface area (Å²) < 4.78 is 13.5. The van der Waals surface area contributed by atoms with Crippen LogP contribution in [-0.2, 0) is 24.1 Å². The molecule has 1 amide bonds. The summed E-state index contributed by atoms with van der Waals surface area (Å²) in [5.74, 6) is -1.54. The molecule has 1 aliphatic carbocycles. The molecule has 142 valence electrons. The molecule has 4 nitrogen and oxygen atoms in total. The van der Waals surface area contributed by atoms with Gasteiger partial charge in [0.05, 0.1) is 0 Å². The molecule has 0 radical (unpaired) electrons. The molecule has 0 heterocycles. The third-order valence-corrected chi connectivity index (χ3v) is 5.18. The zero-order valence-electron chi connectivity index (χ0n) is 15.8. The van der Waals surface area contributed by atoms with Crippen molar-refractivity contribution in [2.24, 2.45) is 5.92 Å². The topological polar surface area (TPSA) is 66.4 Å². The number of amides is 1. The fourth-order valence-electron chi connectivity index (χ4n) is 3.82. The minimum absolute atomic E-state index is 0.0759. The number of nitrogens with one attached hydrogen (secondary N) is 1. The molecule has 0 spiro atoms. The maximum absolute atomic E-state index is 13.5. The van der Waals surface area contributed by atoms with Crippen molar-refractivity contribution in [1.29, 1.82) is 0 Å². The highest BCUT2D eigenvalue weighted by molar-refractivity contribution is 5.99. The van der Waals surface area contributed by atoms with Crippen molar-refractivity contribution < 1.29 is 19.1 Å². The first kappa shape index (κ1) is 19.1. The Bertz CT molecular complexity index is 906. The summed E-state index contributed by atoms with van der Waals surface area (Å²) in [4.78, 5) is 25.1. The van der Waals surface area contributed by atoms with Gasteiger partial charge in [-0.3, -0.25) is 4.79 Å². The Labute approximate surface area is 158 Å². The first-order valence-electron chi connectivity index (χ1n) is 9.13. The molecule has 2 N–H and O–H groups in total. The molecule has 2 aromatic rings. The van der Waals surface area contributed by atoms with E-state index in [2.05, 4.69) is 19.2 Å². The number of carbonyl (C=O) groups is 2. The molecule has 5 heteroatoms. The van der Waals surface area contributed by atoms with E-state index in [4.69, 9.17) is 0 Å². The Morgan fingerprint density at radius 3 is 2.56 bits per heavy atom. The number of aryl methyl sites for hydroxylation is 1. The van der Waals surface area contributed by atoms with Crippen LogP contribution in [0, 0.1) is 18.7 Å². The number of hydrogen-bond donors (Lipinski definition) is 2. The third kappa shape index (κ3) is 3.72. The van der Waals surface area contributed by atoms with Crippen LogP contribution in [0.5, 0.6) is 0 Å². The van der Waals surface area contributed by atoms with Gasteiger partial charge in [0.25, 0.3) is 5.91 Å². The molecule has 1 aliphatic rings. The highest BCUT2D eigenvalue weighted by atomic mass is 19.1. The van der Waals surface area contributed by atoms with Crippen LogP contribution in [0.1, 0.15) is 46.5 Å². The van der Waals surface area contributed by atoms with E-state index in [9.17, 15) is 19.1 Å². The average Bonchev–Trinajstić information content (AvgIpc) is 2.94. The van der Waals surface area contributed by atoms with Gasteiger partial charge in [0, 0.05) is 18.4 Å². The van der Waals surface area contributed by atoms with Crippen LogP contribution in [0.15, 0.2) is 36.4 Å². The molecule has 0 aromatic heterocycles. The SMILES string of the molecule is Cc1cccc(C(=O)NC2(C(=O)O)Cc3ccc(F)cc3C2)c1CC(C)C. The number of halogens is 1. The molecule has 0 bridgehead atoms. The monoisotopic (exact) mass is 369 g/mol. The molecular formula is C22H24FNO3. The van der Waals surface area contributed by atoms with Gasteiger partial charge in [-0.2, -0.15) is 0 Å². The van der Waals surface area contributed by atoms with Crippen LogP contribution >= 0.6 is 0 Å². The fraction of sp³-hybridized carbons (Fsp3) is 0.364. The van der Waals surface area contributed by atoms with Crippen LogP contribution in [0.2, 0.25) is 0 Å². The van der Waals surface area contributed by atoms with Crippen LogP contribution < -0.4 is 5.32 Å². The summed E-state index contributed by atoms with van der Waals surface area (Å²) in [5, 5.41) is 12.6. The Morgan fingerprint density at radius 1 is 1.19 bits per heavy atom. The van der Waals surface area contributed by atoms with Gasteiger partial charge >= 0.3 is 5.97 Å². The highest BCUT2D eigenvalue weighted by Gasteiger charge is 2.45. The highest BCUT2D eigenvalue weighted by Crippen LogP contribution is 2.32. The van der Waals surface area contributed by atoms with Crippen molar-refractivity contribution in [2.75, 3.05) is 0 Å². The smallest absolute Gasteiger partial charge is 0.330 e. The van der Waals surface area contributed by atoms with Gasteiger partial charge in [-0.25, -0.2) is 9.18 Å². The second-order valence-electron chi connectivity index (χ2n) is 7.81. The van der Waals surface area contributed by atoms with E-state index in [1.165, 1.54) is 12.1 Å². The Hall–Kier alpha value is -2.69. The van der Waals surface area contributed by atoms with Gasteiger partial charge in [-0.05, 0) is 59.7 Å². The van der Waals surface area contributed by atoms with E-state index in [0.29, 0.717) is 17.0 Å². The number of rotatable bonds is 5. The lowest BCUT2D eigenvalue weighted by Crippen LogP contribution is -2.55. The maximum atomic E-state index is 13.5. The Morgan fingerprint density at radius 2 is 1.89 bits per heavy atom. The van der Waals surface area contributed by atoms with Crippen LogP contribution in [0.25, 0.3) is 0 Å². The average molecular weight is 369 g/mol. The molecule has 0 saturated carbocycles. The van der Waals surface area contributed by atoms with Crippen molar-refractivity contribution in [2.45, 2.75) is 45.6 Å². The van der Waals surface area contributed by atoms with Crippen molar-refractivity contribution in [3.63, 3.8) is 0 Å². The molecule has 3 rings (SSSR count). The molecule has 1 unspecified atom stereocenters. The van der Waals surface area contributed by atoms with E-state index in [0.717, 1.165) is 23.1 Å². The number of carboxylic acid groups (broad SMARTS) is 1. The number of fused-ring (bicyclic) bond motifs is 1. The molecule has 1 atom stereocenters. The van der Waals surface area contributed by atoms with E-state index in [-0.39, 0.29) is 12.8 Å². The van der Waals surface area contributed by atoms with E-state index < -0.39 is 23.2 Å². The minimum Gasteiger partial charge on any atom is -0.479 e. The van der Waals surface area contributed by atoms with E-state index in [1.807, 2.05) is 13.0 Å². The van der Waals surface area contributed by atoms with Gasteiger partial charge in [-0.15, -0.1) is 0 Å². The molecule has 2 aromatic carbocycles. The van der Waals surface area contributed by atoms with Crippen molar-refractivity contribution in [1.82, 2.24) is 5.32 Å². The predicted molar refractivity (Wildman–Crippen MR) is 101 cm³/mol. The number of carbonyl (C=O) groups excluding carboxylic acids is 1. The largest absolute Gasteiger partial charge is 0.479 e. The van der Waals surface area contributed by atoms with Crippen LogP contribution in [0.3, 0.4) is 0 Å². The molecule has 27 heavy (non-hydrogen) atoms.